The Bertz CT molecular complexity index is 1490. The molecule has 2 heterocycles. The minimum atomic E-state index is -3.80. The van der Waals surface area contributed by atoms with E-state index in [4.69, 9.17) is 16.3 Å². The molecule has 0 spiro atoms. The van der Waals surface area contributed by atoms with Gasteiger partial charge in [-0.15, -0.1) is 0 Å². The standard InChI is InChI=1S/C28H29ClN4O5S/c1-31-14-16-32(17-15-31)28(35)21-6-8-22(9-7-21)30-27(34)19-38-26-11-10-23(18-24(26)29)39(36,37)33-13-12-20-4-2-3-5-25(20)33/h2-11,18H,12-17,19H2,1H3,(H,30,34). The number of anilines is 2. The van der Waals surface area contributed by atoms with Gasteiger partial charge in [0.1, 0.15) is 5.75 Å². The average molecular weight is 569 g/mol. The van der Waals surface area contributed by atoms with Crippen molar-refractivity contribution in [2.45, 2.75) is 11.3 Å². The minimum Gasteiger partial charge on any atom is -0.482 e. The van der Waals surface area contributed by atoms with E-state index in [1.54, 1.807) is 30.3 Å². The maximum atomic E-state index is 13.2. The van der Waals surface area contributed by atoms with Crippen molar-refractivity contribution in [2.75, 3.05) is 56.0 Å². The van der Waals surface area contributed by atoms with Gasteiger partial charge in [0.2, 0.25) is 0 Å². The van der Waals surface area contributed by atoms with E-state index in [0.29, 0.717) is 43.0 Å². The molecule has 39 heavy (non-hydrogen) atoms. The Kier molecular flexibility index (Phi) is 7.79. The molecule has 11 heteroatoms. The molecule has 0 aliphatic carbocycles. The first-order valence-corrected chi connectivity index (χ1v) is 14.4. The van der Waals surface area contributed by atoms with E-state index >= 15 is 0 Å². The van der Waals surface area contributed by atoms with E-state index < -0.39 is 15.9 Å². The summed E-state index contributed by atoms with van der Waals surface area (Å²) in [5, 5.41) is 2.81. The molecule has 1 N–H and O–H groups in total. The van der Waals surface area contributed by atoms with Crippen LogP contribution in [0.25, 0.3) is 0 Å². The predicted molar refractivity (Wildman–Crippen MR) is 150 cm³/mol. The second-order valence-corrected chi connectivity index (χ2v) is 11.8. The second kappa shape index (κ2) is 11.3. The van der Waals surface area contributed by atoms with Gasteiger partial charge < -0.3 is 19.9 Å². The van der Waals surface area contributed by atoms with Crippen LogP contribution in [0.15, 0.2) is 71.6 Å². The molecule has 1 fully saturated rings. The van der Waals surface area contributed by atoms with Crippen molar-refractivity contribution < 1.29 is 22.7 Å². The highest BCUT2D eigenvalue weighted by molar-refractivity contribution is 7.92. The van der Waals surface area contributed by atoms with Crippen LogP contribution in [0.5, 0.6) is 5.75 Å². The van der Waals surface area contributed by atoms with Gasteiger partial charge in [-0.2, -0.15) is 0 Å². The maximum Gasteiger partial charge on any atom is 0.264 e. The molecule has 0 radical (unpaired) electrons. The second-order valence-electron chi connectivity index (χ2n) is 9.56. The van der Waals surface area contributed by atoms with Crippen molar-refractivity contribution >= 4 is 44.8 Å². The Morgan fingerprint density at radius 2 is 1.67 bits per heavy atom. The van der Waals surface area contributed by atoms with E-state index in [1.165, 1.54) is 22.5 Å². The maximum absolute atomic E-state index is 13.2. The summed E-state index contributed by atoms with van der Waals surface area (Å²) >= 11 is 6.33. The molecule has 0 aromatic heterocycles. The minimum absolute atomic E-state index is 0.0293. The highest BCUT2D eigenvalue weighted by Gasteiger charge is 2.31. The molecule has 2 aliphatic rings. The number of fused-ring (bicyclic) bond motifs is 1. The number of carbonyl (C=O) groups is 2. The SMILES string of the molecule is CN1CCN(C(=O)c2ccc(NC(=O)COc3ccc(S(=O)(=O)N4CCc5ccccc54)cc3Cl)cc2)CC1. The third kappa shape index (κ3) is 5.88. The molecule has 0 bridgehead atoms. The number of amides is 2. The van der Waals surface area contributed by atoms with E-state index in [9.17, 15) is 18.0 Å². The number of likely N-dealkylation sites (N-methyl/N-ethyl adjacent to an activating group) is 1. The summed E-state index contributed by atoms with van der Waals surface area (Å²) in [7, 11) is -1.76. The van der Waals surface area contributed by atoms with Gasteiger partial charge >= 0.3 is 0 Å². The summed E-state index contributed by atoms with van der Waals surface area (Å²) in [6.45, 7) is 3.10. The van der Waals surface area contributed by atoms with Crippen LogP contribution in [-0.4, -0.2) is 76.4 Å². The molecule has 2 aliphatic heterocycles. The lowest BCUT2D eigenvalue weighted by molar-refractivity contribution is -0.118. The van der Waals surface area contributed by atoms with Gasteiger partial charge in [0.05, 0.1) is 15.6 Å². The lowest BCUT2D eigenvalue weighted by Gasteiger charge is -2.32. The number of ether oxygens (including phenoxy) is 1. The van der Waals surface area contributed by atoms with E-state index in [0.717, 1.165) is 18.7 Å². The number of nitrogens with one attached hydrogen (secondary N) is 1. The number of rotatable bonds is 7. The summed E-state index contributed by atoms with van der Waals surface area (Å²) in [5.41, 5.74) is 2.74. The highest BCUT2D eigenvalue weighted by Crippen LogP contribution is 2.35. The molecule has 3 aromatic carbocycles. The Morgan fingerprint density at radius 1 is 0.949 bits per heavy atom. The predicted octanol–water partition coefficient (Wildman–Crippen LogP) is 3.50. The lowest BCUT2D eigenvalue weighted by atomic mass is 10.1. The lowest BCUT2D eigenvalue weighted by Crippen LogP contribution is -2.47. The van der Waals surface area contributed by atoms with E-state index in [1.807, 2.05) is 30.1 Å². The number of piperazine rings is 1. The van der Waals surface area contributed by atoms with Crippen molar-refractivity contribution in [3.63, 3.8) is 0 Å². The van der Waals surface area contributed by atoms with Crippen molar-refractivity contribution in [3.05, 3.63) is 82.9 Å². The zero-order valence-electron chi connectivity index (χ0n) is 21.5. The van der Waals surface area contributed by atoms with Crippen LogP contribution in [0, 0.1) is 0 Å². The number of benzene rings is 3. The third-order valence-electron chi connectivity index (χ3n) is 6.90. The molecule has 2 amide bonds. The van der Waals surface area contributed by atoms with Crippen LogP contribution >= 0.6 is 11.6 Å². The number of nitrogens with zero attached hydrogens (tertiary/aromatic N) is 3. The molecule has 3 aromatic rings. The van der Waals surface area contributed by atoms with Gasteiger partial charge in [0, 0.05) is 44.0 Å². The zero-order chi connectivity index (χ0) is 27.6. The van der Waals surface area contributed by atoms with Gasteiger partial charge in [0.15, 0.2) is 6.61 Å². The third-order valence-corrected chi connectivity index (χ3v) is 9.01. The van der Waals surface area contributed by atoms with Crippen LogP contribution in [0.3, 0.4) is 0 Å². The Morgan fingerprint density at radius 3 is 2.38 bits per heavy atom. The van der Waals surface area contributed by atoms with Crippen molar-refractivity contribution in [3.8, 4) is 5.75 Å². The van der Waals surface area contributed by atoms with Gasteiger partial charge in [-0.3, -0.25) is 13.9 Å². The Labute approximate surface area is 233 Å². The van der Waals surface area contributed by atoms with E-state index in [-0.39, 0.29) is 28.2 Å². The molecular weight excluding hydrogens is 540 g/mol. The summed E-state index contributed by atoms with van der Waals surface area (Å²) in [4.78, 5) is 29.2. The first-order valence-electron chi connectivity index (χ1n) is 12.6. The molecule has 1 saturated heterocycles. The molecule has 0 saturated carbocycles. The first-order chi connectivity index (χ1) is 18.7. The summed E-state index contributed by atoms with van der Waals surface area (Å²) in [6.07, 6.45) is 0.648. The van der Waals surface area contributed by atoms with Crippen LogP contribution in [0.4, 0.5) is 11.4 Å². The smallest absolute Gasteiger partial charge is 0.264 e. The largest absolute Gasteiger partial charge is 0.482 e. The fourth-order valence-corrected chi connectivity index (χ4v) is 6.50. The average Bonchev–Trinajstić information content (AvgIpc) is 3.38. The summed E-state index contributed by atoms with van der Waals surface area (Å²) in [5.74, 6) is -0.256. The highest BCUT2D eigenvalue weighted by atomic mass is 35.5. The topological polar surface area (TPSA) is 99.3 Å². The molecule has 5 rings (SSSR count). The number of hydrogen-bond acceptors (Lipinski definition) is 6. The van der Waals surface area contributed by atoms with Gasteiger partial charge in [-0.05, 0) is 67.6 Å². The van der Waals surface area contributed by atoms with Gasteiger partial charge in [0.25, 0.3) is 21.8 Å². The normalized spacial score (nSPS) is 15.6. The Balaban J connectivity index is 1.17. The number of halogens is 1. The van der Waals surface area contributed by atoms with Crippen LogP contribution in [0.2, 0.25) is 5.02 Å². The number of sulfonamides is 1. The first kappa shape index (κ1) is 27.0. The van der Waals surface area contributed by atoms with Gasteiger partial charge in [-0.1, -0.05) is 29.8 Å². The quantitative estimate of drug-likeness (QED) is 0.468. The summed E-state index contributed by atoms with van der Waals surface area (Å²) in [6, 6.07) is 18.3. The van der Waals surface area contributed by atoms with Crippen molar-refractivity contribution in [1.82, 2.24) is 9.80 Å². The zero-order valence-corrected chi connectivity index (χ0v) is 23.0. The van der Waals surface area contributed by atoms with Crippen LogP contribution in [0.1, 0.15) is 15.9 Å². The van der Waals surface area contributed by atoms with Gasteiger partial charge in [-0.25, -0.2) is 8.42 Å². The van der Waals surface area contributed by atoms with E-state index in [2.05, 4.69) is 10.2 Å². The number of carbonyl (C=O) groups excluding carboxylic acids is 2. The molecule has 0 unspecified atom stereocenters. The fourth-order valence-electron chi connectivity index (χ4n) is 4.67. The number of hydrogen-bond donors (Lipinski definition) is 1. The number of para-hydroxylation sites is 1. The van der Waals surface area contributed by atoms with Crippen molar-refractivity contribution in [1.29, 1.82) is 0 Å². The molecule has 0 atom stereocenters. The monoisotopic (exact) mass is 568 g/mol. The molecule has 204 valence electrons. The van der Waals surface area contributed by atoms with Crippen LogP contribution in [-0.2, 0) is 21.2 Å². The molecule has 9 nitrogen and oxygen atoms in total. The van der Waals surface area contributed by atoms with Crippen LogP contribution < -0.4 is 14.4 Å². The Hall–Kier alpha value is -3.60. The van der Waals surface area contributed by atoms with Crippen molar-refractivity contribution in [2.24, 2.45) is 0 Å². The molecular formula is C28H29ClN4O5S. The fraction of sp³-hybridized carbons (Fsp3) is 0.286. The summed E-state index contributed by atoms with van der Waals surface area (Å²) < 4.78 is 33.4.